The lowest BCUT2D eigenvalue weighted by Gasteiger charge is -2.21. The summed E-state index contributed by atoms with van der Waals surface area (Å²) in [4.78, 5) is 20.0. The van der Waals surface area contributed by atoms with Gasteiger partial charge in [-0.25, -0.2) is 0 Å². The van der Waals surface area contributed by atoms with E-state index in [1.807, 2.05) is 52.7 Å². The molecule has 1 amide bonds. The van der Waals surface area contributed by atoms with E-state index in [9.17, 15) is 4.79 Å². The second kappa shape index (κ2) is 5.96. The van der Waals surface area contributed by atoms with E-state index in [1.165, 1.54) is 0 Å². The molecular weight excluding hydrogens is 310 g/mol. The third-order valence-electron chi connectivity index (χ3n) is 4.00. The lowest BCUT2D eigenvalue weighted by atomic mass is 10.1. The molecule has 4 rings (SSSR count). The summed E-state index contributed by atoms with van der Waals surface area (Å²) in [5, 5.41) is 6.03. The molecule has 2 aromatic heterocycles. The first-order chi connectivity index (χ1) is 11.3. The average Bonchev–Trinajstić information content (AvgIpc) is 3.34. The Morgan fingerprint density at radius 1 is 1.22 bits per heavy atom. The Labute approximate surface area is 137 Å². The molecule has 23 heavy (non-hydrogen) atoms. The number of carbonyl (C=O) groups excluding carboxylic acids is 1. The van der Waals surface area contributed by atoms with Crippen molar-refractivity contribution in [2.45, 2.75) is 18.9 Å². The molecule has 1 saturated heterocycles. The molecule has 1 atom stereocenters. The summed E-state index contributed by atoms with van der Waals surface area (Å²) in [5.74, 6) is 1.13. The fraction of sp³-hybridized carbons (Fsp3) is 0.235. The van der Waals surface area contributed by atoms with Crippen molar-refractivity contribution in [1.82, 2.24) is 15.0 Å². The summed E-state index contributed by atoms with van der Waals surface area (Å²) < 4.78 is 5.44. The molecule has 0 aliphatic carbocycles. The van der Waals surface area contributed by atoms with E-state index < -0.39 is 0 Å². The maximum absolute atomic E-state index is 12.7. The van der Waals surface area contributed by atoms with Gasteiger partial charge in [-0.3, -0.25) is 4.79 Å². The average molecular weight is 325 g/mol. The first-order valence-electron chi connectivity index (χ1n) is 7.56. The highest BCUT2D eigenvalue weighted by Crippen LogP contribution is 2.33. The summed E-state index contributed by atoms with van der Waals surface area (Å²) in [5.41, 5.74) is 0.692. The zero-order chi connectivity index (χ0) is 15.6. The molecule has 5 nitrogen and oxygen atoms in total. The van der Waals surface area contributed by atoms with Gasteiger partial charge in [-0.1, -0.05) is 29.4 Å². The number of hydrogen-bond acceptors (Lipinski definition) is 5. The van der Waals surface area contributed by atoms with Gasteiger partial charge in [-0.05, 0) is 36.4 Å². The van der Waals surface area contributed by atoms with E-state index in [0.29, 0.717) is 17.3 Å². The van der Waals surface area contributed by atoms with Gasteiger partial charge in [0.1, 0.15) is 6.04 Å². The van der Waals surface area contributed by atoms with Crippen LogP contribution in [0.3, 0.4) is 0 Å². The molecule has 3 heterocycles. The second-order valence-electron chi connectivity index (χ2n) is 5.46. The van der Waals surface area contributed by atoms with Crippen molar-refractivity contribution in [1.29, 1.82) is 0 Å². The number of aromatic nitrogens is 2. The predicted octanol–water partition coefficient (Wildman–Crippen LogP) is 3.78. The lowest BCUT2D eigenvalue weighted by Crippen LogP contribution is -2.30. The normalized spacial score (nSPS) is 17.6. The molecule has 6 heteroatoms. The third kappa shape index (κ3) is 2.66. The summed E-state index contributed by atoms with van der Waals surface area (Å²) >= 11 is 1.57. The van der Waals surface area contributed by atoms with E-state index >= 15 is 0 Å². The SMILES string of the molecule is O=C(c1ccccc1)N1CCC[C@H]1c1nc(-c2cccs2)no1. The minimum absolute atomic E-state index is 0.0176. The number of carbonyl (C=O) groups is 1. The van der Waals surface area contributed by atoms with Crippen LogP contribution >= 0.6 is 11.3 Å². The molecule has 0 radical (unpaired) electrons. The van der Waals surface area contributed by atoms with E-state index in [1.54, 1.807) is 11.3 Å². The number of rotatable bonds is 3. The molecule has 1 fully saturated rings. The minimum atomic E-state index is -0.135. The number of benzene rings is 1. The first-order valence-corrected chi connectivity index (χ1v) is 8.44. The van der Waals surface area contributed by atoms with Gasteiger partial charge in [0.15, 0.2) is 0 Å². The zero-order valence-corrected chi connectivity index (χ0v) is 13.2. The second-order valence-corrected chi connectivity index (χ2v) is 6.40. The number of amides is 1. The smallest absolute Gasteiger partial charge is 0.254 e. The van der Waals surface area contributed by atoms with Gasteiger partial charge in [0, 0.05) is 12.1 Å². The first kappa shape index (κ1) is 14.1. The standard InChI is InChI=1S/C17H15N3O2S/c21-17(12-6-2-1-3-7-12)20-10-4-8-13(20)16-18-15(19-22-16)14-9-5-11-23-14/h1-3,5-7,9,11,13H,4,8,10H2/t13-/m0/s1. The Hall–Kier alpha value is -2.47. The van der Waals surface area contributed by atoms with Crippen LogP contribution in [0.2, 0.25) is 0 Å². The van der Waals surface area contributed by atoms with Crippen molar-refractivity contribution < 1.29 is 9.32 Å². The van der Waals surface area contributed by atoms with Gasteiger partial charge in [0.25, 0.3) is 5.91 Å². The van der Waals surface area contributed by atoms with Crippen molar-refractivity contribution in [3.8, 4) is 10.7 Å². The Morgan fingerprint density at radius 2 is 2.09 bits per heavy atom. The quantitative estimate of drug-likeness (QED) is 0.735. The van der Waals surface area contributed by atoms with Crippen LogP contribution in [0.25, 0.3) is 10.7 Å². The molecule has 1 aliphatic heterocycles. The maximum Gasteiger partial charge on any atom is 0.254 e. The summed E-state index contributed by atoms with van der Waals surface area (Å²) in [6, 6.07) is 13.1. The molecule has 0 spiro atoms. The Morgan fingerprint density at radius 3 is 2.87 bits per heavy atom. The number of hydrogen-bond donors (Lipinski definition) is 0. The van der Waals surface area contributed by atoms with Crippen LogP contribution in [-0.2, 0) is 0 Å². The van der Waals surface area contributed by atoms with E-state index in [-0.39, 0.29) is 11.9 Å². The van der Waals surface area contributed by atoms with E-state index in [4.69, 9.17) is 4.52 Å². The zero-order valence-electron chi connectivity index (χ0n) is 12.4. The van der Waals surface area contributed by atoms with Crippen LogP contribution in [0.5, 0.6) is 0 Å². The van der Waals surface area contributed by atoms with Crippen molar-refractivity contribution >= 4 is 17.2 Å². The van der Waals surface area contributed by atoms with Crippen LogP contribution in [0, 0.1) is 0 Å². The summed E-state index contributed by atoms with van der Waals surface area (Å²) in [6.07, 6.45) is 1.80. The largest absolute Gasteiger partial charge is 0.337 e. The van der Waals surface area contributed by atoms with Crippen molar-refractivity contribution in [3.05, 3.63) is 59.3 Å². The highest BCUT2D eigenvalue weighted by Gasteiger charge is 2.34. The summed E-state index contributed by atoms with van der Waals surface area (Å²) in [7, 11) is 0. The Bertz CT molecular complexity index is 798. The molecule has 116 valence electrons. The molecule has 0 N–H and O–H groups in total. The molecule has 1 aromatic carbocycles. The van der Waals surface area contributed by atoms with Gasteiger partial charge < -0.3 is 9.42 Å². The highest BCUT2D eigenvalue weighted by atomic mass is 32.1. The Balaban J connectivity index is 1.60. The molecule has 0 bridgehead atoms. The van der Waals surface area contributed by atoms with Gasteiger partial charge in [-0.2, -0.15) is 4.98 Å². The maximum atomic E-state index is 12.7. The number of nitrogens with zero attached hydrogens (tertiary/aromatic N) is 3. The minimum Gasteiger partial charge on any atom is -0.337 e. The van der Waals surface area contributed by atoms with Gasteiger partial charge >= 0.3 is 0 Å². The van der Waals surface area contributed by atoms with Gasteiger partial charge in [-0.15, -0.1) is 11.3 Å². The topological polar surface area (TPSA) is 59.2 Å². The number of likely N-dealkylation sites (tertiary alicyclic amines) is 1. The monoisotopic (exact) mass is 325 g/mol. The Kier molecular flexibility index (Phi) is 3.67. The predicted molar refractivity (Wildman–Crippen MR) is 87.1 cm³/mol. The van der Waals surface area contributed by atoms with Crippen LogP contribution in [0.4, 0.5) is 0 Å². The number of thiophene rings is 1. The van der Waals surface area contributed by atoms with Crippen molar-refractivity contribution in [2.75, 3.05) is 6.54 Å². The van der Waals surface area contributed by atoms with E-state index in [0.717, 1.165) is 24.3 Å². The van der Waals surface area contributed by atoms with Crippen LogP contribution in [0.1, 0.15) is 35.1 Å². The van der Waals surface area contributed by atoms with Crippen LogP contribution in [0.15, 0.2) is 52.4 Å². The molecular formula is C17H15N3O2S. The molecule has 0 unspecified atom stereocenters. The molecule has 0 saturated carbocycles. The molecule has 3 aromatic rings. The third-order valence-corrected chi connectivity index (χ3v) is 4.87. The fourth-order valence-electron chi connectivity index (χ4n) is 2.89. The van der Waals surface area contributed by atoms with Crippen LogP contribution < -0.4 is 0 Å². The van der Waals surface area contributed by atoms with Crippen molar-refractivity contribution in [3.63, 3.8) is 0 Å². The van der Waals surface area contributed by atoms with E-state index in [2.05, 4.69) is 10.1 Å². The highest BCUT2D eigenvalue weighted by molar-refractivity contribution is 7.13. The van der Waals surface area contributed by atoms with Gasteiger partial charge in [0.2, 0.25) is 11.7 Å². The van der Waals surface area contributed by atoms with Crippen molar-refractivity contribution in [2.24, 2.45) is 0 Å². The van der Waals surface area contributed by atoms with Gasteiger partial charge in [0.05, 0.1) is 4.88 Å². The summed E-state index contributed by atoms with van der Waals surface area (Å²) in [6.45, 7) is 0.717. The lowest BCUT2D eigenvalue weighted by molar-refractivity contribution is 0.0710. The fourth-order valence-corrected chi connectivity index (χ4v) is 3.54. The molecule has 1 aliphatic rings. The van der Waals surface area contributed by atoms with Crippen LogP contribution in [-0.4, -0.2) is 27.5 Å².